The molecule has 2 aromatic rings. The van der Waals surface area contributed by atoms with Gasteiger partial charge in [0, 0.05) is 6.42 Å². The van der Waals surface area contributed by atoms with Gasteiger partial charge in [0.15, 0.2) is 0 Å². The number of rotatable bonds is 3. The van der Waals surface area contributed by atoms with Crippen molar-refractivity contribution in [3.8, 4) is 5.75 Å². The van der Waals surface area contributed by atoms with Crippen molar-refractivity contribution in [2.45, 2.75) is 12.5 Å². The Hall–Kier alpha value is -1.87. The van der Waals surface area contributed by atoms with Crippen molar-refractivity contribution in [3.05, 3.63) is 65.5 Å². The van der Waals surface area contributed by atoms with Crippen LogP contribution in [0.25, 0.3) is 0 Å². The summed E-state index contributed by atoms with van der Waals surface area (Å²) in [4.78, 5) is 0. The Bertz CT molecular complexity index is 494. The SMILES string of the molecule is Oc1ccc(CC(O)c2cccc(F)c2)cc1. The number of benzene rings is 2. The largest absolute Gasteiger partial charge is 0.508 e. The van der Waals surface area contributed by atoms with Gasteiger partial charge in [-0.1, -0.05) is 24.3 Å². The number of aliphatic hydroxyl groups excluding tert-OH is 1. The number of aliphatic hydroxyl groups is 1. The Kier molecular flexibility index (Phi) is 3.40. The lowest BCUT2D eigenvalue weighted by Crippen LogP contribution is -2.01. The first kappa shape index (κ1) is 11.6. The number of aromatic hydroxyl groups is 1. The van der Waals surface area contributed by atoms with E-state index in [9.17, 15) is 9.50 Å². The predicted octanol–water partition coefficient (Wildman–Crippen LogP) is 2.81. The molecule has 0 aromatic heterocycles. The number of halogens is 1. The van der Waals surface area contributed by atoms with Gasteiger partial charge in [0.2, 0.25) is 0 Å². The molecule has 2 rings (SSSR count). The minimum Gasteiger partial charge on any atom is -0.508 e. The smallest absolute Gasteiger partial charge is 0.123 e. The van der Waals surface area contributed by atoms with Crippen LogP contribution in [0.4, 0.5) is 4.39 Å². The van der Waals surface area contributed by atoms with Gasteiger partial charge in [0.25, 0.3) is 0 Å². The minimum absolute atomic E-state index is 0.189. The maximum atomic E-state index is 13.0. The summed E-state index contributed by atoms with van der Waals surface area (Å²) >= 11 is 0. The molecular weight excluding hydrogens is 219 g/mol. The van der Waals surface area contributed by atoms with Gasteiger partial charge in [-0.15, -0.1) is 0 Å². The Balaban J connectivity index is 2.11. The predicted molar refractivity (Wildman–Crippen MR) is 63.2 cm³/mol. The van der Waals surface area contributed by atoms with E-state index < -0.39 is 6.10 Å². The molecule has 0 radical (unpaired) electrons. The maximum Gasteiger partial charge on any atom is 0.123 e. The molecule has 3 heteroatoms. The second kappa shape index (κ2) is 4.97. The number of phenols is 1. The van der Waals surface area contributed by atoms with E-state index in [4.69, 9.17) is 5.11 Å². The first-order valence-corrected chi connectivity index (χ1v) is 5.36. The molecule has 0 aliphatic rings. The molecule has 2 nitrogen and oxygen atoms in total. The molecule has 0 fully saturated rings. The summed E-state index contributed by atoms with van der Waals surface area (Å²) in [5.41, 5.74) is 1.44. The van der Waals surface area contributed by atoms with E-state index in [1.807, 2.05) is 0 Å². The Morgan fingerprint density at radius 3 is 2.41 bits per heavy atom. The average Bonchev–Trinajstić information content (AvgIpc) is 2.32. The molecular formula is C14H13FO2. The lowest BCUT2D eigenvalue weighted by Gasteiger charge is -2.11. The van der Waals surface area contributed by atoms with Crippen molar-refractivity contribution in [1.29, 1.82) is 0 Å². The van der Waals surface area contributed by atoms with Crippen molar-refractivity contribution < 1.29 is 14.6 Å². The van der Waals surface area contributed by atoms with Gasteiger partial charge >= 0.3 is 0 Å². The molecule has 0 aliphatic heterocycles. The van der Waals surface area contributed by atoms with Crippen LogP contribution in [0.2, 0.25) is 0 Å². The third kappa shape index (κ3) is 3.04. The van der Waals surface area contributed by atoms with E-state index in [1.165, 1.54) is 12.1 Å². The van der Waals surface area contributed by atoms with Crippen molar-refractivity contribution in [2.75, 3.05) is 0 Å². The molecule has 0 spiro atoms. The first-order chi connectivity index (χ1) is 8.15. The van der Waals surface area contributed by atoms with E-state index in [0.717, 1.165) is 5.56 Å². The second-order valence-electron chi connectivity index (χ2n) is 3.94. The lowest BCUT2D eigenvalue weighted by atomic mass is 10.0. The molecule has 0 saturated heterocycles. The fraction of sp³-hybridized carbons (Fsp3) is 0.143. The summed E-state index contributed by atoms with van der Waals surface area (Å²) in [5.74, 6) is -0.166. The molecule has 88 valence electrons. The van der Waals surface area contributed by atoms with E-state index in [-0.39, 0.29) is 11.6 Å². The van der Waals surface area contributed by atoms with Gasteiger partial charge in [-0.25, -0.2) is 4.39 Å². The normalized spacial score (nSPS) is 12.4. The molecule has 1 atom stereocenters. The first-order valence-electron chi connectivity index (χ1n) is 5.36. The number of phenolic OH excluding ortho intramolecular Hbond substituents is 1. The van der Waals surface area contributed by atoms with E-state index in [0.29, 0.717) is 12.0 Å². The molecule has 17 heavy (non-hydrogen) atoms. The summed E-state index contributed by atoms with van der Waals surface area (Å²) in [5, 5.41) is 19.1. The fourth-order valence-corrected chi connectivity index (χ4v) is 1.69. The van der Waals surface area contributed by atoms with Crippen LogP contribution in [0, 0.1) is 5.82 Å². The summed E-state index contributed by atoms with van der Waals surface area (Å²) < 4.78 is 13.0. The molecule has 2 N–H and O–H groups in total. The van der Waals surface area contributed by atoms with Gasteiger partial charge in [-0.05, 0) is 35.4 Å². The molecule has 2 aromatic carbocycles. The molecule has 0 heterocycles. The summed E-state index contributed by atoms with van der Waals surface area (Å²) in [6, 6.07) is 12.5. The van der Waals surface area contributed by atoms with Crippen LogP contribution in [0.5, 0.6) is 5.75 Å². The quantitative estimate of drug-likeness (QED) is 0.854. The van der Waals surface area contributed by atoms with Gasteiger partial charge in [-0.3, -0.25) is 0 Å². The van der Waals surface area contributed by atoms with E-state index >= 15 is 0 Å². The summed E-state index contributed by atoms with van der Waals surface area (Å²) in [7, 11) is 0. The van der Waals surface area contributed by atoms with Crippen LogP contribution < -0.4 is 0 Å². The van der Waals surface area contributed by atoms with Gasteiger partial charge in [0.05, 0.1) is 6.10 Å². The monoisotopic (exact) mass is 232 g/mol. The van der Waals surface area contributed by atoms with Crippen LogP contribution in [0.3, 0.4) is 0 Å². The van der Waals surface area contributed by atoms with Crippen LogP contribution in [-0.4, -0.2) is 10.2 Å². The van der Waals surface area contributed by atoms with Crippen LogP contribution in [-0.2, 0) is 6.42 Å². The topological polar surface area (TPSA) is 40.5 Å². The standard InChI is InChI=1S/C14H13FO2/c15-12-3-1-2-11(9-12)14(17)8-10-4-6-13(16)7-5-10/h1-7,9,14,16-17H,8H2. The zero-order chi connectivity index (χ0) is 12.3. The molecule has 0 saturated carbocycles. The fourth-order valence-electron chi connectivity index (χ4n) is 1.69. The van der Waals surface area contributed by atoms with Crippen LogP contribution in [0.1, 0.15) is 17.2 Å². The lowest BCUT2D eigenvalue weighted by molar-refractivity contribution is 0.178. The van der Waals surface area contributed by atoms with Gasteiger partial charge in [-0.2, -0.15) is 0 Å². The Morgan fingerprint density at radius 2 is 1.76 bits per heavy atom. The summed E-state index contributed by atoms with van der Waals surface area (Å²) in [6.07, 6.45) is -0.348. The van der Waals surface area contributed by atoms with Crippen LogP contribution in [0.15, 0.2) is 48.5 Å². The highest BCUT2D eigenvalue weighted by atomic mass is 19.1. The van der Waals surface area contributed by atoms with Crippen molar-refractivity contribution >= 4 is 0 Å². The Labute approximate surface area is 99.0 Å². The summed E-state index contributed by atoms with van der Waals surface area (Å²) in [6.45, 7) is 0. The van der Waals surface area contributed by atoms with Crippen LogP contribution >= 0.6 is 0 Å². The molecule has 0 amide bonds. The van der Waals surface area contributed by atoms with Crippen molar-refractivity contribution in [1.82, 2.24) is 0 Å². The number of hydrogen-bond donors (Lipinski definition) is 2. The van der Waals surface area contributed by atoms with E-state index in [2.05, 4.69) is 0 Å². The highest BCUT2D eigenvalue weighted by Gasteiger charge is 2.09. The van der Waals surface area contributed by atoms with Crippen molar-refractivity contribution in [3.63, 3.8) is 0 Å². The minimum atomic E-state index is -0.741. The molecule has 0 aliphatic carbocycles. The van der Waals surface area contributed by atoms with E-state index in [1.54, 1.807) is 36.4 Å². The maximum absolute atomic E-state index is 13.0. The Morgan fingerprint density at radius 1 is 1.06 bits per heavy atom. The molecule has 0 bridgehead atoms. The molecule has 1 unspecified atom stereocenters. The third-order valence-corrected chi connectivity index (χ3v) is 2.60. The van der Waals surface area contributed by atoms with Crippen molar-refractivity contribution in [2.24, 2.45) is 0 Å². The number of hydrogen-bond acceptors (Lipinski definition) is 2. The highest BCUT2D eigenvalue weighted by molar-refractivity contribution is 5.28. The zero-order valence-corrected chi connectivity index (χ0v) is 9.18. The van der Waals surface area contributed by atoms with Gasteiger partial charge < -0.3 is 10.2 Å². The van der Waals surface area contributed by atoms with Gasteiger partial charge in [0.1, 0.15) is 11.6 Å². The average molecular weight is 232 g/mol. The second-order valence-corrected chi connectivity index (χ2v) is 3.94. The third-order valence-electron chi connectivity index (χ3n) is 2.60. The zero-order valence-electron chi connectivity index (χ0n) is 9.18. The highest BCUT2D eigenvalue weighted by Crippen LogP contribution is 2.20.